The maximum Gasteiger partial charge on any atom is 0.150 e. The number of benzene rings is 1. The standard InChI is InChI=1S/C15H20BrN3/c1-3-14-17-15(4-2)19(18-14)11-13(10-16)12-8-6-5-7-9-12/h5-9,13H,3-4,10-11H2,1-2H3. The summed E-state index contributed by atoms with van der Waals surface area (Å²) in [6.07, 6.45) is 1.82. The lowest BCUT2D eigenvalue weighted by Crippen LogP contribution is -2.14. The SMILES string of the molecule is CCc1nc(CC)n(CC(CBr)c2ccccc2)n1. The Labute approximate surface area is 123 Å². The van der Waals surface area contributed by atoms with Gasteiger partial charge in [0, 0.05) is 24.1 Å². The van der Waals surface area contributed by atoms with Gasteiger partial charge in [0.05, 0.1) is 6.54 Å². The zero-order valence-electron chi connectivity index (χ0n) is 11.5. The first-order chi connectivity index (χ1) is 9.28. The summed E-state index contributed by atoms with van der Waals surface area (Å²) in [5.74, 6) is 2.45. The normalized spacial score (nSPS) is 12.6. The summed E-state index contributed by atoms with van der Waals surface area (Å²) in [5.41, 5.74) is 1.34. The molecule has 1 heterocycles. The van der Waals surface area contributed by atoms with Gasteiger partial charge in [-0.15, -0.1) is 0 Å². The molecule has 1 unspecified atom stereocenters. The van der Waals surface area contributed by atoms with Gasteiger partial charge in [0.15, 0.2) is 5.82 Å². The summed E-state index contributed by atoms with van der Waals surface area (Å²) in [5, 5.41) is 5.53. The van der Waals surface area contributed by atoms with E-state index in [0.29, 0.717) is 5.92 Å². The Morgan fingerprint density at radius 1 is 1.16 bits per heavy atom. The number of rotatable bonds is 6. The molecule has 0 bridgehead atoms. The van der Waals surface area contributed by atoms with Crippen LogP contribution in [0.25, 0.3) is 0 Å². The lowest BCUT2D eigenvalue weighted by atomic mass is 10.0. The highest BCUT2D eigenvalue weighted by Gasteiger charge is 2.14. The van der Waals surface area contributed by atoms with Gasteiger partial charge in [-0.25, -0.2) is 9.67 Å². The number of alkyl halides is 1. The maximum atomic E-state index is 4.60. The minimum atomic E-state index is 0.429. The third-order valence-corrected chi connectivity index (χ3v) is 4.06. The quantitative estimate of drug-likeness (QED) is 0.761. The van der Waals surface area contributed by atoms with Crippen LogP contribution in [0.4, 0.5) is 0 Å². The first-order valence-corrected chi connectivity index (χ1v) is 7.94. The molecule has 0 spiro atoms. The fraction of sp³-hybridized carbons (Fsp3) is 0.467. The Hall–Kier alpha value is -1.16. The molecule has 0 aliphatic carbocycles. The molecule has 19 heavy (non-hydrogen) atoms. The number of halogens is 1. The molecular formula is C15H20BrN3. The third kappa shape index (κ3) is 3.44. The van der Waals surface area contributed by atoms with Gasteiger partial charge in [0.1, 0.15) is 5.82 Å². The van der Waals surface area contributed by atoms with Gasteiger partial charge < -0.3 is 0 Å². The number of hydrogen-bond acceptors (Lipinski definition) is 2. The number of aryl methyl sites for hydroxylation is 2. The molecule has 0 aliphatic rings. The van der Waals surface area contributed by atoms with Gasteiger partial charge in [-0.1, -0.05) is 60.1 Å². The molecule has 2 aromatic rings. The Kier molecular flexibility index (Phi) is 5.14. The van der Waals surface area contributed by atoms with Crippen LogP contribution in [0.3, 0.4) is 0 Å². The molecule has 1 aromatic carbocycles. The summed E-state index contributed by atoms with van der Waals surface area (Å²) in [4.78, 5) is 4.56. The second-order valence-corrected chi connectivity index (χ2v) is 5.24. The van der Waals surface area contributed by atoms with Crippen molar-refractivity contribution in [3.05, 3.63) is 47.5 Å². The maximum absolute atomic E-state index is 4.60. The second-order valence-electron chi connectivity index (χ2n) is 4.60. The van der Waals surface area contributed by atoms with Crippen molar-refractivity contribution in [2.24, 2.45) is 0 Å². The van der Waals surface area contributed by atoms with E-state index in [1.165, 1.54) is 5.56 Å². The van der Waals surface area contributed by atoms with Crippen LogP contribution >= 0.6 is 15.9 Å². The topological polar surface area (TPSA) is 30.7 Å². The average Bonchev–Trinajstić information content (AvgIpc) is 2.87. The van der Waals surface area contributed by atoms with Crippen molar-refractivity contribution in [2.45, 2.75) is 39.2 Å². The smallest absolute Gasteiger partial charge is 0.150 e. The molecular weight excluding hydrogens is 302 g/mol. The van der Waals surface area contributed by atoms with Gasteiger partial charge in [-0.2, -0.15) is 5.10 Å². The van der Waals surface area contributed by atoms with E-state index in [0.717, 1.165) is 36.4 Å². The molecule has 1 atom stereocenters. The minimum Gasteiger partial charge on any atom is -0.249 e. The molecule has 3 nitrogen and oxygen atoms in total. The van der Waals surface area contributed by atoms with E-state index in [-0.39, 0.29) is 0 Å². The van der Waals surface area contributed by atoms with Gasteiger partial charge >= 0.3 is 0 Å². The van der Waals surface area contributed by atoms with Crippen LogP contribution in [0.1, 0.15) is 37.0 Å². The molecule has 0 saturated carbocycles. The lowest BCUT2D eigenvalue weighted by molar-refractivity contribution is 0.524. The fourth-order valence-corrected chi connectivity index (χ4v) is 2.74. The van der Waals surface area contributed by atoms with E-state index in [1.807, 2.05) is 0 Å². The molecule has 0 saturated heterocycles. The Morgan fingerprint density at radius 2 is 1.89 bits per heavy atom. The second kappa shape index (κ2) is 6.85. The Bertz CT molecular complexity index is 507. The van der Waals surface area contributed by atoms with Crippen LogP contribution in [0.5, 0.6) is 0 Å². The van der Waals surface area contributed by atoms with Crippen LogP contribution in [-0.2, 0) is 19.4 Å². The van der Waals surface area contributed by atoms with Gasteiger partial charge in [-0.3, -0.25) is 0 Å². The summed E-state index contributed by atoms with van der Waals surface area (Å²) in [7, 11) is 0. The van der Waals surface area contributed by atoms with Crippen molar-refractivity contribution < 1.29 is 0 Å². The predicted octanol–water partition coefficient (Wildman–Crippen LogP) is 3.58. The molecule has 0 radical (unpaired) electrons. The molecule has 0 N–H and O–H groups in total. The molecule has 1 aromatic heterocycles. The summed E-state index contributed by atoms with van der Waals surface area (Å²) in [6.45, 7) is 5.11. The molecule has 0 fully saturated rings. The minimum absolute atomic E-state index is 0.429. The van der Waals surface area contributed by atoms with Gasteiger partial charge in [0.2, 0.25) is 0 Å². The highest BCUT2D eigenvalue weighted by Crippen LogP contribution is 2.20. The molecule has 0 aliphatic heterocycles. The van der Waals surface area contributed by atoms with E-state index >= 15 is 0 Å². The van der Waals surface area contributed by atoms with Crippen LogP contribution in [-0.4, -0.2) is 20.1 Å². The average molecular weight is 322 g/mol. The zero-order valence-corrected chi connectivity index (χ0v) is 13.1. The van der Waals surface area contributed by atoms with Crippen molar-refractivity contribution in [1.29, 1.82) is 0 Å². The van der Waals surface area contributed by atoms with Crippen molar-refractivity contribution in [3.63, 3.8) is 0 Å². The van der Waals surface area contributed by atoms with E-state index < -0.39 is 0 Å². The van der Waals surface area contributed by atoms with Crippen LogP contribution < -0.4 is 0 Å². The van der Waals surface area contributed by atoms with E-state index in [2.05, 4.69) is 74.9 Å². The predicted molar refractivity (Wildman–Crippen MR) is 81.8 cm³/mol. The molecule has 102 valence electrons. The van der Waals surface area contributed by atoms with Gasteiger partial charge in [0.25, 0.3) is 0 Å². The number of aromatic nitrogens is 3. The first-order valence-electron chi connectivity index (χ1n) is 6.82. The molecule has 4 heteroatoms. The van der Waals surface area contributed by atoms with Crippen LogP contribution in [0.2, 0.25) is 0 Å². The summed E-state index contributed by atoms with van der Waals surface area (Å²) in [6, 6.07) is 10.6. The highest BCUT2D eigenvalue weighted by molar-refractivity contribution is 9.09. The highest BCUT2D eigenvalue weighted by atomic mass is 79.9. The van der Waals surface area contributed by atoms with Gasteiger partial charge in [-0.05, 0) is 5.56 Å². The van der Waals surface area contributed by atoms with Crippen LogP contribution in [0.15, 0.2) is 30.3 Å². The number of hydrogen-bond donors (Lipinski definition) is 0. The summed E-state index contributed by atoms with van der Waals surface area (Å²) >= 11 is 3.62. The Morgan fingerprint density at radius 3 is 2.47 bits per heavy atom. The van der Waals surface area contributed by atoms with E-state index in [4.69, 9.17) is 0 Å². The third-order valence-electron chi connectivity index (χ3n) is 3.28. The van der Waals surface area contributed by atoms with Crippen LogP contribution in [0, 0.1) is 0 Å². The van der Waals surface area contributed by atoms with Crippen molar-refractivity contribution in [1.82, 2.24) is 14.8 Å². The Balaban J connectivity index is 2.21. The number of nitrogens with zero attached hydrogens (tertiary/aromatic N) is 3. The summed E-state index contributed by atoms with van der Waals surface area (Å²) < 4.78 is 2.07. The fourth-order valence-electron chi connectivity index (χ4n) is 2.16. The zero-order chi connectivity index (χ0) is 13.7. The molecule has 2 rings (SSSR count). The first kappa shape index (κ1) is 14.3. The van der Waals surface area contributed by atoms with E-state index in [9.17, 15) is 0 Å². The molecule has 0 amide bonds. The van der Waals surface area contributed by atoms with Crippen molar-refractivity contribution in [3.8, 4) is 0 Å². The lowest BCUT2D eigenvalue weighted by Gasteiger charge is -2.15. The van der Waals surface area contributed by atoms with E-state index in [1.54, 1.807) is 0 Å². The van der Waals surface area contributed by atoms with Crippen molar-refractivity contribution in [2.75, 3.05) is 5.33 Å². The largest absolute Gasteiger partial charge is 0.249 e. The van der Waals surface area contributed by atoms with Crippen molar-refractivity contribution >= 4 is 15.9 Å². The monoisotopic (exact) mass is 321 g/mol.